The number of ether oxygens (including phenoxy) is 1. The number of para-hydroxylation sites is 1. The van der Waals surface area contributed by atoms with Gasteiger partial charge in [0.05, 0.1) is 6.04 Å². The number of carbonyl (C=O) groups excluding carboxylic acids is 1. The molecule has 0 spiro atoms. The predicted octanol–water partition coefficient (Wildman–Crippen LogP) is 3.24. The van der Waals surface area contributed by atoms with Crippen LogP contribution in [0.25, 0.3) is 0 Å². The lowest BCUT2D eigenvalue weighted by molar-refractivity contribution is -0.153. The third kappa shape index (κ3) is 7.33. The quantitative estimate of drug-likeness (QED) is 0.765. The van der Waals surface area contributed by atoms with Gasteiger partial charge < -0.3 is 15.8 Å². The molecule has 0 heterocycles. The average Bonchev–Trinajstić information content (AvgIpc) is 2.58. The van der Waals surface area contributed by atoms with Crippen LogP contribution in [0.1, 0.15) is 11.1 Å². The summed E-state index contributed by atoms with van der Waals surface area (Å²) in [6.07, 6.45) is -4.05. The molecule has 0 saturated heterocycles. The van der Waals surface area contributed by atoms with Gasteiger partial charge in [0.2, 0.25) is 5.91 Å². The second-order valence-corrected chi connectivity index (χ2v) is 5.53. The first-order valence-corrected chi connectivity index (χ1v) is 7.70. The van der Waals surface area contributed by atoms with Gasteiger partial charge in [-0.2, -0.15) is 13.2 Å². The highest BCUT2D eigenvalue weighted by molar-refractivity contribution is 5.85. The van der Waals surface area contributed by atoms with E-state index in [1.807, 2.05) is 30.3 Å². The summed E-state index contributed by atoms with van der Waals surface area (Å²) in [7, 11) is 0. The van der Waals surface area contributed by atoms with Crippen molar-refractivity contribution in [3.05, 3.63) is 65.7 Å². The minimum absolute atomic E-state index is 0. The van der Waals surface area contributed by atoms with Crippen LogP contribution in [0.15, 0.2) is 54.6 Å². The van der Waals surface area contributed by atoms with Crippen molar-refractivity contribution < 1.29 is 22.7 Å². The van der Waals surface area contributed by atoms with Crippen LogP contribution < -0.4 is 15.8 Å². The molecule has 0 aliphatic rings. The Morgan fingerprint density at radius 3 is 2.35 bits per heavy atom. The fourth-order valence-electron chi connectivity index (χ4n) is 2.22. The number of benzene rings is 2. The van der Waals surface area contributed by atoms with E-state index < -0.39 is 18.8 Å². The van der Waals surface area contributed by atoms with Crippen LogP contribution in [0.5, 0.6) is 5.75 Å². The molecule has 0 aliphatic heterocycles. The molecule has 0 aromatic heterocycles. The zero-order valence-corrected chi connectivity index (χ0v) is 14.6. The van der Waals surface area contributed by atoms with Gasteiger partial charge in [0.25, 0.3) is 0 Å². The zero-order valence-electron chi connectivity index (χ0n) is 13.8. The van der Waals surface area contributed by atoms with Crippen molar-refractivity contribution in [2.75, 3.05) is 6.61 Å². The Balaban J connectivity index is 0.00000338. The lowest BCUT2D eigenvalue weighted by atomic mass is 10.1. The molecule has 2 aromatic rings. The smallest absolute Gasteiger partial charge is 0.422 e. The highest BCUT2D eigenvalue weighted by atomic mass is 35.5. The minimum Gasteiger partial charge on any atom is -0.484 e. The standard InChI is InChI=1S/C18H19F3N2O2.ClH/c19-18(20,21)12-25-16-9-5-4-8-14(16)11-23-17(24)15(22)10-13-6-2-1-3-7-13;/h1-9,15H,10-12,22H2,(H,23,24);1H/t15-;/m0./s1. The average molecular weight is 389 g/mol. The van der Waals surface area contributed by atoms with Crippen LogP contribution in [0.4, 0.5) is 13.2 Å². The molecule has 4 nitrogen and oxygen atoms in total. The van der Waals surface area contributed by atoms with E-state index in [4.69, 9.17) is 10.5 Å². The molecule has 0 aliphatic carbocycles. The molecule has 2 rings (SSSR count). The molecule has 1 atom stereocenters. The van der Waals surface area contributed by atoms with Gasteiger partial charge >= 0.3 is 6.18 Å². The molecule has 0 bridgehead atoms. The number of rotatable bonds is 7. The van der Waals surface area contributed by atoms with Gasteiger partial charge in [-0.05, 0) is 18.1 Å². The topological polar surface area (TPSA) is 64.4 Å². The van der Waals surface area contributed by atoms with Gasteiger partial charge in [0.15, 0.2) is 6.61 Å². The number of hydrogen-bond donors (Lipinski definition) is 2. The molecule has 26 heavy (non-hydrogen) atoms. The predicted molar refractivity (Wildman–Crippen MR) is 95.2 cm³/mol. The molecule has 0 saturated carbocycles. The van der Waals surface area contributed by atoms with Crippen molar-refractivity contribution in [3.8, 4) is 5.75 Å². The Morgan fingerprint density at radius 2 is 1.69 bits per heavy atom. The van der Waals surface area contributed by atoms with Crippen molar-refractivity contribution in [1.82, 2.24) is 5.32 Å². The summed E-state index contributed by atoms with van der Waals surface area (Å²) in [5, 5.41) is 2.63. The van der Waals surface area contributed by atoms with Gasteiger partial charge in [0, 0.05) is 12.1 Å². The van der Waals surface area contributed by atoms with Crippen molar-refractivity contribution in [2.45, 2.75) is 25.2 Å². The Kier molecular flexibility index (Phi) is 8.41. The fourth-order valence-corrected chi connectivity index (χ4v) is 2.22. The minimum atomic E-state index is -4.42. The summed E-state index contributed by atoms with van der Waals surface area (Å²) < 4.78 is 41.6. The van der Waals surface area contributed by atoms with E-state index in [1.165, 1.54) is 6.07 Å². The fraction of sp³-hybridized carbons (Fsp3) is 0.278. The second kappa shape index (κ2) is 10.0. The van der Waals surface area contributed by atoms with Crippen LogP contribution in [0, 0.1) is 0 Å². The first-order valence-electron chi connectivity index (χ1n) is 7.70. The Hall–Kier alpha value is -2.25. The molecule has 142 valence electrons. The first-order chi connectivity index (χ1) is 11.8. The molecule has 1 amide bonds. The summed E-state index contributed by atoms with van der Waals surface area (Å²) in [6.45, 7) is -1.35. The summed E-state index contributed by atoms with van der Waals surface area (Å²) in [5.41, 5.74) is 7.26. The largest absolute Gasteiger partial charge is 0.484 e. The van der Waals surface area contributed by atoms with Gasteiger partial charge in [-0.15, -0.1) is 12.4 Å². The number of carbonyl (C=O) groups is 1. The molecule has 0 radical (unpaired) electrons. The Bertz CT molecular complexity index is 696. The van der Waals surface area contributed by atoms with Gasteiger partial charge in [-0.3, -0.25) is 4.79 Å². The number of halogens is 4. The van der Waals surface area contributed by atoms with Crippen LogP contribution in [0.2, 0.25) is 0 Å². The van der Waals surface area contributed by atoms with E-state index in [0.29, 0.717) is 12.0 Å². The van der Waals surface area contributed by atoms with Gasteiger partial charge in [-0.1, -0.05) is 48.5 Å². The van der Waals surface area contributed by atoms with Crippen LogP contribution in [0.3, 0.4) is 0 Å². The van der Waals surface area contributed by atoms with Crippen molar-refractivity contribution in [2.24, 2.45) is 5.73 Å². The van der Waals surface area contributed by atoms with Crippen LogP contribution >= 0.6 is 12.4 Å². The number of nitrogens with two attached hydrogens (primary N) is 1. The summed E-state index contributed by atoms with van der Waals surface area (Å²) in [4.78, 5) is 12.1. The van der Waals surface area contributed by atoms with Crippen LogP contribution in [-0.4, -0.2) is 24.7 Å². The number of alkyl halides is 3. The molecule has 8 heteroatoms. The number of nitrogens with one attached hydrogen (secondary N) is 1. The SMILES string of the molecule is Cl.N[C@@H](Cc1ccccc1)C(=O)NCc1ccccc1OCC(F)(F)F. The number of amides is 1. The first kappa shape index (κ1) is 21.8. The number of hydrogen-bond acceptors (Lipinski definition) is 3. The van der Waals surface area contributed by atoms with E-state index >= 15 is 0 Å². The van der Waals surface area contributed by atoms with E-state index in [9.17, 15) is 18.0 Å². The third-order valence-corrected chi connectivity index (χ3v) is 3.45. The van der Waals surface area contributed by atoms with E-state index in [0.717, 1.165) is 5.56 Å². The maximum Gasteiger partial charge on any atom is 0.422 e. The van der Waals surface area contributed by atoms with Crippen molar-refractivity contribution in [1.29, 1.82) is 0 Å². The molecular formula is C18H20ClF3N2O2. The summed E-state index contributed by atoms with van der Waals surface area (Å²) >= 11 is 0. The Morgan fingerprint density at radius 1 is 1.08 bits per heavy atom. The van der Waals surface area contributed by atoms with Gasteiger partial charge in [-0.25, -0.2) is 0 Å². The highest BCUT2D eigenvalue weighted by Gasteiger charge is 2.28. The highest BCUT2D eigenvalue weighted by Crippen LogP contribution is 2.22. The monoisotopic (exact) mass is 388 g/mol. The maximum absolute atomic E-state index is 12.3. The lowest BCUT2D eigenvalue weighted by Crippen LogP contribution is -2.41. The molecule has 0 unspecified atom stereocenters. The molecule has 2 aromatic carbocycles. The summed E-state index contributed by atoms with van der Waals surface area (Å²) in [6, 6.07) is 14.8. The molecule has 0 fully saturated rings. The van der Waals surface area contributed by atoms with E-state index in [-0.39, 0.29) is 30.6 Å². The second-order valence-electron chi connectivity index (χ2n) is 5.53. The summed E-state index contributed by atoms with van der Waals surface area (Å²) in [5.74, 6) is -0.300. The molecular weight excluding hydrogens is 369 g/mol. The van der Waals surface area contributed by atoms with E-state index in [1.54, 1.807) is 18.2 Å². The van der Waals surface area contributed by atoms with Crippen LogP contribution in [-0.2, 0) is 17.8 Å². The van der Waals surface area contributed by atoms with Crippen molar-refractivity contribution >= 4 is 18.3 Å². The van der Waals surface area contributed by atoms with Gasteiger partial charge in [0.1, 0.15) is 5.75 Å². The normalized spacial score (nSPS) is 12.0. The molecule has 3 N–H and O–H groups in total. The van der Waals surface area contributed by atoms with Crippen molar-refractivity contribution in [3.63, 3.8) is 0 Å². The van der Waals surface area contributed by atoms with E-state index in [2.05, 4.69) is 5.32 Å². The zero-order chi connectivity index (χ0) is 18.3. The maximum atomic E-state index is 12.3. The third-order valence-electron chi connectivity index (χ3n) is 3.45. The Labute approximate surface area is 155 Å². The lowest BCUT2D eigenvalue weighted by Gasteiger charge is -2.15.